The Kier molecular flexibility index (Phi) is 3.78. The van der Waals surface area contributed by atoms with Gasteiger partial charge in [0.2, 0.25) is 11.8 Å². The molecule has 0 aliphatic carbocycles. The molecule has 2 saturated heterocycles. The number of hydrogen-bond acceptors (Lipinski definition) is 2. The van der Waals surface area contributed by atoms with E-state index in [9.17, 15) is 9.59 Å². The predicted molar refractivity (Wildman–Crippen MR) is 85.3 cm³/mol. The second-order valence-corrected chi connectivity index (χ2v) is 6.79. The Balaban J connectivity index is 2.00. The van der Waals surface area contributed by atoms with Gasteiger partial charge >= 0.3 is 0 Å². The van der Waals surface area contributed by atoms with Crippen LogP contribution >= 0.6 is 15.9 Å². The Morgan fingerprint density at radius 1 is 1.19 bits per heavy atom. The zero-order valence-electron chi connectivity index (χ0n) is 12.4. The minimum Gasteiger partial charge on any atom is -0.329 e. The van der Waals surface area contributed by atoms with Crippen molar-refractivity contribution in [3.63, 3.8) is 0 Å². The summed E-state index contributed by atoms with van der Waals surface area (Å²) in [6, 6.07) is 3.77. The Morgan fingerprint density at radius 3 is 2.67 bits per heavy atom. The van der Waals surface area contributed by atoms with Gasteiger partial charge in [0.25, 0.3) is 0 Å². The van der Waals surface area contributed by atoms with Gasteiger partial charge in [-0.3, -0.25) is 14.5 Å². The molecule has 21 heavy (non-hydrogen) atoms. The highest BCUT2D eigenvalue weighted by Gasteiger charge is 2.41. The van der Waals surface area contributed by atoms with Crippen LogP contribution in [0.4, 0.5) is 5.69 Å². The van der Waals surface area contributed by atoms with Crippen LogP contribution in [0.2, 0.25) is 0 Å². The number of halogens is 1. The van der Waals surface area contributed by atoms with Gasteiger partial charge < -0.3 is 4.90 Å². The van der Waals surface area contributed by atoms with Crippen molar-refractivity contribution in [2.45, 2.75) is 39.2 Å². The molecule has 2 heterocycles. The summed E-state index contributed by atoms with van der Waals surface area (Å²) in [5.74, 6) is 0.119. The molecule has 3 rings (SSSR count). The molecule has 2 aliphatic rings. The van der Waals surface area contributed by atoms with Crippen molar-refractivity contribution in [3.8, 4) is 0 Å². The van der Waals surface area contributed by atoms with E-state index in [1.807, 2.05) is 26.0 Å². The Hall–Kier alpha value is -1.36. The number of fused-ring (bicyclic) bond motifs is 1. The van der Waals surface area contributed by atoms with Crippen molar-refractivity contribution in [2.24, 2.45) is 0 Å². The van der Waals surface area contributed by atoms with E-state index in [0.29, 0.717) is 0 Å². The van der Waals surface area contributed by atoms with Gasteiger partial charge in [0.15, 0.2) is 0 Å². The van der Waals surface area contributed by atoms with E-state index in [1.165, 1.54) is 0 Å². The lowest BCUT2D eigenvalue weighted by atomic mass is 9.97. The van der Waals surface area contributed by atoms with Crippen molar-refractivity contribution < 1.29 is 9.59 Å². The standard InChI is InChI=1S/C16H19BrN2O2/c1-10-7-11(2)15(12(17)8-10)19-9-14(20)18-6-4-3-5-13(18)16(19)21/h7-8,13H,3-6,9H2,1-2H3. The van der Waals surface area contributed by atoms with E-state index in [4.69, 9.17) is 0 Å². The number of nitrogens with zero attached hydrogens (tertiary/aromatic N) is 2. The first-order valence-electron chi connectivity index (χ1n) is 7.36. The number of rotatable bonds is 1. The SMILES string of the molecule is Cc1cc(C)c(N2CC(=O)N3CCCCC3C2=O)c(Br)c1. The summed E-state index contributed by atoms with van der Waals surface area (Å²) in [7, 11) is 0. The Bertz CT molecular complexity index is 591. The van der Waals surface area contributed by atoms with Crippen LogP contribution in [0, 0.1) is 13.8 Å². The maximum absolute atomic E-state index is 12.8. The van der Waals surface area contributed by atoms with Crippen molar-refractivity contribution in [1.82, 2.24) is 4.90 Å². The molecule has 2 aliphatic heterocycles. The van der Waals surface area contributed by atoms with Crippen LogP contribution in [-0.2, 0) is 9.59 Å². The fraction of sp³-hybridized carbons (Fsp3) is 0.500. The first-order chi connectivity index (χ1) is 9.99. The molecule has 0 aromatic heterocycles. The van der Waals surface area contributed by atoms with Gasteiger partial charge in [-0.15, -0.1) is 0 Å². The van der Waals surface area contributed by atoms with Crippen molar-refractivity contribution in [2.75, 3.05) is 18.0 Å². The topological polar surface area (TPSA) is 40.6 Å². The molecule has 0 radical (unpaired) electrons. The van der Waals surface area contributed by atoms with Gasteiger partial charge in [0.05, 0.1) is 5.69 Å². The molecule has 5 heteroatoms. The Labute approximate surface area is 133 Å². The number of hydrogen-bond donors (Lipinski definition) is 0. The number of anilines is 1. The number of benzene rings is 1. The third kappa shape index (κ3) is 2.48. The Morgan fingerprint density at radius 2 is 1.95 bits per heavy atom. The summed E-state index contributed by atoms with van der Waals surface area (Å²) < 4.78 is 0.880. The molecule has 2 fully saturated rings. The number of carbonyl (C=O) groups is 2. The van der Waals surface area contributed by atoms with Crippen LogP contribution in [0.15, 0.2) is 16.6 Å². The number of amides is 2. The molecule has 1 atom stereocenters. The van der Waals surface area contributed by atoms with Gasteiger partial charge in [-0.05, 0) is 66.2 Å². The molecule has 0 N–H and O–H groups in total. The molecule has 0 spiro atoms. The molecule has 2 amide bonds. The van der Waals surface area contributed by atoms with Crippen LogP contribution in [0.25, 0.3) is 0 Å². The highest BCUT2D eigenvalue weighted by molar-refractivity contribution is 9.10. The molecule has 0 bridgehead atoms. The molecule has 1 unspecified atom stereocenters. The lowest BCUT2D eigenvalue weighted by molar-refractivity contribution is -0.144. The second-order valence-electron chi connectivity index (χ2n) is 5.94. The lowest BCUT2D eigenvalue weighted by Gasteiger charge is -2.43. The van der Waals surface area contributed by atoms with Crippen molar-refractivity contribution in [1.29, 1.82) is 0 Å². The van der Waals surface area contributed by atoms with Crippen molar-refractivity contribution in [3.05, 3.63) is 27.7 Å². The quantitative estimate of drug-likeness (QED) is 0.781. The summed E-state index contributed by atoms with van der Waals surface area (Å²) in [5.41, 5.74) is 3.00. The molecule has 112 valence electrons. The number of piperidine rings is 1. The predicted octanol–water partition coefficient (Wildman–Crippen LogP) is 2.79. The smallest absolute Gasteiger partial charge is 0.250 e. The molecule has 0 saturated carbocycles. The van der Waals surface area contributed by atoms with Gasteiger partial charge in [0, 0.05) is 11.0 Å². The third-order valence-corrected chi connectivity index (χ3v) is 4.94. The van der Waals surface area contributed by atoms with Crippen molar-refractivity contribution >= 4 is 33.4 Å². The second kappa shape index (κ2) is 5.44. The van der Waals surface area contributed by atoms with E-state index in [2.05, 4.69) is 15.9 Å². The fourth-order valence-corrected chi connectivity index (χ4v) is 4.30. The van der Waals surface area contributed by atoms with E-state index < -0.39 is 0 Å². The maximum atomic E-state index is 12.8. The highest BCUT2D eigenvalue weighted by atomic mass is 79.9. The average molecular weight is 351 g/mol. The van der Waals surface area contributed by atoms with Gasteiger partial charge in [-0.25, -0.2) is 0 Å². The molecular weight excluding hydrogens is 332 g/mol. The fourth-order valence-electron chi connectivity index (χ4n) is 3.41. The summed E-state index contributed by atoms with van der Waals surface area (Å²) >= 11 is 3.55. The van der Waals surface area contributed by atoms with Crippen LogP contribution < -0.4 is 4.90 Å². The highest BCUT2D eigenvalue weighted by Crippen LogP contribution is 2.34. The lowest BCUT2D eigenvalue weighted by Crippen LogP contribution is -2.61. The number of carbonyl (C=O) groups excluding carboxylic acids is 2. The molecular formula is C16H19BrN2O2. The van der Waals surface area contributed by atoms with E-state index in [-0.39, 0.29) is 24.4 Å². The van der Waals surface area contributed by atoms with E-state index in [1.54, 1.807) is 9.80 Å². The first-order valence-corrected chi connectivity index (χ1v) is 8.16. The maximum Gasteiger partial charge on any atom is 0.250 e. The van der Waals surface area contributed by atoms with Gasteiger partial charge in [0.1, 0.15) is 12.6 Å². The van der Waals surface area contributed by atoms with E-state index >= 15 is 0 Å². The van der Waals surface area contributed by atoms with E-state index in [0.717, 1.165) is 47.1 Å². The largest absolute Gasteiger partial charge is 0.329 e. The summed E-state index contributed by atoms with van der Waals surface area (Å²) in [6.45, 7) is 4.88. The third-order valence-electron chi connectivity index (χ3n) is 4.34. The zero-order valence-corrected chi connectivity index (χ0v) is 13.9. The van der Waals surface area contributed by atoms with Crippen LogP contribution in [0.3, 0.4) is 0 Å². The average Bonchev–Trinajstić information content (AvgIpc) is 2.43. The minimum atomic E-state index is -0.271. The van der Waals surface area contributed by atoms with Crippen LogP contribution in [0.1, 0.15) is 30.4 Å². The summed E-state index contributed by atoms with van der Waals surface area (Å²) in [4.78, 5) is 28.6. The molecule has 1 aromatic rings. The number of piperazine rings is 1. The molecule has 1 aromatic carbocycles. The summed E-state index contributed by atoms with van der Waals surface area (Å²) in [5, 5.41) is 0. The zero-order chi connectivity index (χ0) is 15.1. The summed E-state index contributed by atoms with van der Waals surface area (Å²) in [6.07, 6.45) is 2.80. The van der Waals surface area contributed by atoms with Crippen LogP contribution in [-0.4, -0.2) is 35.8 Å². The first kappa shape index (κ1) is 14.6. The van der Waals surface area contributed by atoms with Gasteiger partial charge in [-0.2, -0.15) is 0 Å². The minimum absolute atomic E-state index is 0.0574. The monoisotopic (exact) mass is 350 g/mol. The van der Waals surface area contributed by atoms with Gasteiger partial charge in [-0.1, -0.05) is 6.07 Å². The number of aryl methyl sites for hydroxylation is 2. The molecule has 4 nitrogen and oxygen atoms in total. The normalized spacial score (nSPS) is 22.5. The van der Waals surface area contributed by atoms with Crippen LogP contribution in [0.5, 0.6) is 0 Å².